The lowest BCUT2D eigenvalue weighted by Crippen LogP contribution is -2.02. The maximum absolute atomic E-state index is 9.70. The highest BCUT2D eigenvalue weighted by molar-refractivity contribution is 5.66. The van der Waals surface area contributed by atoms with Gasteiger partial charge in [-0.2, -0.15) is 0 Å². The van der Waals surface area contributed by atoms with Gasteiger partial charge in [0.1, 0.15) is 0 Å². The zero-order valence-corrected chi connectivity index (χ0v) is 12.0. The van der Waals surface area contributed by atoms with Crippen LogP contribution in [0, 0.1) is 0 Å². The Morgan fingerprint density at radius 3 is 1.61 bits per heavy atom. The quantitative estimate of drug-likeness (QED) is 0.498. The lowest BCUT2D eigenvalue weighted by molar-refractivity contribution is -0.137. The predicted molar refractivity (Wildman–Crippen MR) is 77.6 cm³/mol. The van der Waals surface area contributed by atoms with E-state index in [-0.39, 0.29) is 6.42 Å². The van der Waals surface area contributed by atoms with Crippen LogP contribution >= 0.6 is 0 Å². The normalized spacial score (nSPS) is 9.72. The molecule has 0 saturated carbocycles. The van der Waals surface area contributed by atoms with Crippen molar-refractivity contribution in [2.45, 2.75) is 71.1 Å². The van der Waals surface area contributed by atoms with E-state index < -0.39 is 5.97 Å². The summed E-state index contributed by atoms with van der Waals surface area (Å²) in [6, 6.07) is 0. The van der Waals surface area contributed by atoms with Crippen molar-refractivity contribution >= 4 is 5.97 Å². The first-order valence-corrected chi connectivity index (χ1v) is 7.30. The Hall–Kier alpha value is -0.610. The summed E-state index contributed by atoms with van der Waals surface area (Å²) < 4.78 is 0. The van der Waals surface area contributed by atoms with Crippen LogP contribution in [0.2, 0.25) is 0 Å². The predicted octanol–water partition coefficient (Wildman–Crippen LogP) is 2.90. The van der Waals surface area contributed by atoms with Crippen molar-refractivity contribution in [3.8, 4) is 0 Å². The molecule has 0 aliphatic carbocycles. The minimum atomic E-state index is -0.773. The van der Waals surface area contributed by atoms with E-state index in [0.29, 0.717) is 13.0 Å². The van der Waals surface area contributed by atoms with E-state index in [9.17, 15) is 4.79 Å². The molecule has 0 fully saturated rings. The van der Waals surface area contributed by atoms with E-state index in [1.54, 1.807) is 0 Å². The van der Waals surface area contributed by atoms with Crippen molar-refractivity contribution in [2.75, 3.05) is 13.1 Å². The molecule has 0 amide bonds. The molecule has 110 valence electrons. The molecule has 0 unspecified atom stereocenters. The molecule has 4 nitrogen and oxygen atoms in total. The highest BCUT2D eigenvalue weighted by atomic mass is 16.4. The van der Waals surface area contributed by atoms with Crippen molar-refractivity contribution in [3.05, 3.63) is 0 Å². The minimum Gasteiger partial charge on any atom is -0.481 e. The van der Waals surface area contributed by atoms with Gasteiger partial charge in [-0.3, -0.25) is 4.79 Å². The van der Waals surface area contributed by atoms with Gasteiger partial charge in [0.15, 0.2) is 0 Å². The van der Waals surface area contributed by atoms with Gasteiger partial charge in [-0.1, -0.05) is 51.9 Å². The number of carboxylic acids is 1. The fraction of sp³-hybridized carbons (Fsp3) is 0.929. The van der Waals surface area contributed by atoms with Gasteiger partial charge in [0, 0.05) is 6.42 Å². The number of nitrogens with two attached hydrogens (primary N) is 2. The van der Waals surface area contributed by atoms with Crippen LogP contribution in [0.1, 0.15) is 71.1 Å². The van der Waals surface area contributed by atoms with Gasteiger partial charge in [0.25, 0.3) is 0 Å². The fourth-order valence-electron chi connectivity index (χ4n) is 1.53. The van der Waals surface area contributed by atoms with E-state index in [1.807, 2.05) is 0 Å². The van der Waals surface area contributed by atoms with Gasteiger partial charge in [-0.15, -0.1) is 0 Å². The lowest BCUT2D eigenvalue weighted by atomic mass is 10.1. The molecule has 0 spiro atoms. The third-order valence-electron chi connectivity index (χ3n) is 2.65. The number of carbonyl (C=O) groups is 1. The average Bonchev–Trinajstić information content (AvgIpc) is 2.36. The molecular weight excluding hydrogens is 228 g/mol. The van der Waals surface area contributed by atoms with E-state index in [0.717, 1.165) is 6.54 Å². The Kier molecular flexibility index (Phi) is 20.5. The Labute approximate surface area is 112 Å². The minimum absolute atomic E-state index is 0.191. The van der Waals surface area contributed by atoms with Gasteiger partial charge >= 0.3 is 5.97 Å². The molecule has 18 heavy (non-hydrogen) atoms. The Morgan fingerprint density at radius 1 is 0.833 bits per heavy atom. The zero-order valence-electron chi connectivity index (χ0n) is 12.0. The maximum atomic E-state index is 9.70. The monoisotopic (exact) mass is 260 g/mol. The Bertz CT molecular complexity index is 156. The van der Waals surface area contributed by atoms with Crippen LogP contribution < -0.4 is 11.5 Å². The average molecular weight is 260 g/mol. The largest absolute Gasteiger partial charge is 0.481 e. The summed E-state index contributed by atoms with van der Waals surface area (Å²) in [6.45, 7) is 3.59. The third kappa shape index (κ3) is 24.6. The highest BCUT2D eigenvalue weighted by Crippen LogP contribution is 2.07. The van der Waals surface area contributed by atoms with E-state index in [2.05, 4.69) is 6.92 Å². The standard InChI is InChI=1S/C10H23N.C4H9NO2/c1-2-3-4-5-6-7-8-9-10-11;5-3-1-2-4(6)7/h2-11H2,1H3;1-3,5H2,(H,6,7). The van der Waals surface area contributed by atoms with Crippen LogP contribution in [-0.4, -0.2) is 24.2 Å². The number of unbranched alkanes of at least 4 members (excludes halogenated alkanes) is 7. The Balaban J connectivity index is 0. The lowest BCUT2D eigenvalue weighted by Gasteiger charge is -1.99. The zero-order chi connectivity index (χ0) is 14.1. The van der Waals surface area contributed by atoms with Crippen molar-refractivity contribution < 1.29 is 9.90 Å². The van der Waals surface area contributed by atoms with Crippen molar-refractivity contribution in [3.63, 3.8) is 0 Å². The molecule has 0 rings (SSSR count). The summed E-state index contributed by atoms with van der Waals surface area (Å²) in [7, 11) is 0. The van der Waals surface area contributed by atoms with Crippen molar-refractivity contribution in [1.29, 1.82) is 0 Å². The summed E-state index contributed by atoms with van der Waals surface area (Å²) in [5, 5.41) is 7.99. The molecule has 4 heteroatoms. The van der Waals surface area contributed by atoms with E-state index in [4.69, 9.17) is 16.6 Å². The molecule has 5 N–H and O–H groups in total. The van der Waals surface area contributed by atoms with Crippen LogP contribution in [0.3, 0.4) is 0 Å². The summed E-state index contributed by atoms with van der Waals surface area (Å²) in [6.07, 6.45) is 11.8. The third-order valence-corrected chi connectivity index (χ3v) is 2.65. The SMILES string of the molecule is CCCCCCCCCCN.NCCCC(=O)O. The number of carboxylic acid groups (broad SMARTS) is 1. The molecule has 0 aromatic rings. The number of rotatable bonds is 11. The molecular formula is C14H32N2O2. The summed E-state index contributed by atoms with van der Waals surface area (Å²) in [5.74, 6) is -0.773. The van der Waals surface area contributed by atoms with Crippen molar-refractivity contribution in [2.24, 2.45) is 11.5 Å². The van der Waals surface area contributed by atoms with Crippen LogP contribution in [0.25, 0.3) is 0 Å². The van der Waals surface area contributed by atoms with E-state index >= 15 is 0 Å². The van der Waals surface area contributed by atoms with Crippen LogP contribution in [0.5, 0.6) is 0 Å². The maximum Gasteiger partial charge on any atom is 0.303 e. The molecule has 0 aliphatic rings. The second kappa shape index (κ2) is 18.7. The first kappa shape index (κ1) is 19.7. The molecule has 0 aliphatic heterocycles. The number of hydrogen-bond donors (Lipinski definition) is 3. The van der Waals surface area contributed by atoms with Gasteiger partial charge in [0.05, 0.1) is 0 Å². The second-order valence-corrected chi connectivity index (χ2v) is 4.55. The molecule has 0 aromatic carbocycles. The van der Waals surface area contributed by atoms with E-state index in [1.165, 1.54) is 51.4 Å². The molecule has 0 heterocycles. The van der Waals surface area contributed by atoms with Crippen LogP contribution in [-0.2, 0) is 4.79 Å². The number of aliphatic carboxylic acids is 1. The number of hydrogen-bond acceptors (Lipinski definition) is 3. The molecule has 0 saturated heterocycles. The van der Waals surface area contributed by atoms with Gasteiger partial charge < -0.3 is 16.6 Å². The van der Waals surface area contributed by atoms with Gasteiger partial charge in [0.2, 0.25) is 0 Å². The highest BCUT2D eigenvalue weighted by Gasteiger charge is 1.91. The van der Waals surface area contributed by atoms with Crippen molar-refractivity contribution in [1.82, 2.24) is 0 Å². The molecule has 0 atom stereocenters. The molecule has 0 radical (unpaired) electrons. The van der Waals surface area contributed by atoms with Crippen LogP contribution in [0.4, 0.5) is 0 Å². The fourth-order valence-corrected chi connectivity index (χ4v) is 1.53. The topological polar surface area (TPSA) is 89.3 Å². The van der Waals surface area contributed by atoms with Crippen LogP contribution in [0.15, 0.2) is 0 Å². The summed E-state index contributed by atoms with van der Waals surface area (Å²) in [5.41, 5.74) is 10.4. The van der Waals surface area contributed by atoms with Gasteiger partial charge in [-0.25, -0.2) is 0 Å². The molecule has 0 bridgehead atoms. The second-order valence-electron chi connectivity index (χ2n) is 4.55. The first-order valence-electron chi connectivity index (χ1n) is 7.30. The smallest absolute Gasteiger partial charge is 0.303 e. The first-order chi connectivity index (χ1) is 8.68. The van der Waals surface area contributed by atoms with Gasteiger partial charge in [-0.05, 0) is 25.9 Å². The summed E-state index contributed by atoms with van der Waals surface area (Å²) in [4.78, 5) is 9.70. The summed E-state index contributed by atoms with van der Waals surface area (Å²) >= 11 is 0. The Morgan fingerprint density at radius 2 is 1.28 bits per heavy atom. The molecule has 0 aromatic heterocycles.